The smallest absolute Gasteiger partial charge is 0.243 e. The van der Waals surface area contributed by atoms with Crippen molar-refractivity contribution in [2.24, 2.45) is 17.1 Å². The summed E-state index contributed by atoms with van der Waals surface area (Å²) in [6.45, 7) is 10.6. The molecule has 60 heavy (non-hydrogen) atoms. The monoisotopic (exact) mass is 866 g/mol. The van der Waals surface area contributed by atoms with Gasteiger partial charge in [0.25, 0.3) is 0 Å². The number of nitrogens with zero attached hydrogens (tertiary/aromatic N) is 4. The number of anilines is 1. The number of aromatic nitrogens is 2. The number of benzene rings is 2. The number of aryl methyl sites for hydroxylation is 1. The highest BCUT2D eigenvalue weighted by atomic mass is 32.1. The number of nitrogens with two attached hydrogens (primary N) is 1. The molecule has 0 bridgehead atoms. The maximum atomic E-state index is 15.0. The van der Waals surface area contributed by atoms with E-state index in [1.54, 1.807) is 11.3 Å². The Hall–Kier alpha value is -4.51. The molecule has 4 N–H and O–H groups in total. The molecule has 0 aliphatic carbocycles. The number of carbonyl (C=O) groups is 3. The number of ether oxygens (including phenoxy) is 2. The van der Waals surface area contributed by atoms with Crippen LogP contribution >= 0.6 is 22.7 Å². The van der Waals surface area contributed by atoms with Gasteiger partial charge in [-0.05, 0) is 61.8 Å². The van der Waals surface area contributed by atoms with Crippen LogP contribution in [0.25, 0.3) is 21.7 Å². The first-order valence-corrected chi connectivity index (χ1v) is 22.4. The van der Waals surface area contributed by atoms with Gasteiger partial charge in [0, 0.05) is 49.3 Å². The summed E-state index contributed by atoms with van der Waals surface area (Å²) in [4.78, 5) is 53.5. The number of hydrogen-bond acceptors (Lipinski definition) is 11. The van der Waals surface area contributed by atoms with E-state index >= 15 is 0 Å². The van der Waals surface area contributed by atoms with Crippen molar-refractivity contribution in [2.45, 2.75) is 97.2 Å². The zero-order chi connectivity index (χ0) is 43.0. The molecule has 16 heteroatoms. The Kier molecular flexibility index (Phi) is 15.3. The van der Waals surface area contributed by atoms with Crippen LogP contribution in [-0.2, 0) is 19.1 Å². The van der Waals surface area contributed by atoms with Crippen molar-refractivity contribution in [3.63, 3.8) is 0 Å². The molecule has 2 aliphatic rings. The van der Waals surface area contributed by atoms with Gasteiger partial charge in [0.2, 0.25) is 23.5 Å². The number of nitrogens with one attached hydrogen (secondary N) is 1. The number of morpholine rings is 1. The molecular weight excluding hydrogens is 811 g/mol. The first kappa shape index (κ1) is 45.0. The molecule has 2 unspecified atom stereocenters. The Bertz CT molecular complexity index is 2090. The lowest BCUT2D eigenvalue weighted by molar-refractivity contribution is -0.140. The maximum Gasteiger partial charge on any atom is 0.243 e. The first-order chi connectivity index (χ1) is 28.7. The van der Waals surface area contributed by atoms with Gasteiger partial charge in [0.1, 0.15) is 6.04 Å². The second kappa shape index (κ2) is 20.4. The normalized spacial score (nSPS) is 18.1. The Morgan fingerprint density at radius 1 is 1.07 bits per heavy atom. The number of likely N-dealkylation sites (tertiary alicyclic amines) is 1. The Balaban J connectivity index is 0.949. The number of thiazole rings is 2. The third-order valence-electron chi connectivity index (χ3n) is 11.3. The average Bonchev–Trinajstić information content (AvgIpc) is 3.99. The van der Waals surface area contributed by atoms with Crippen molar-refractivity contribution in [1.29, 1.82) is 0 Å². The summed E-state index contributed by atoms with van der Waals surface area (Å²) in [7, 11) is 0. The number of unbranched alkanes of at least 4 members (excludes halogenated alkanes) is 3. The van der Waals surface area contributed by atoms with Crippen molar-refractivity contribution in [2.75, 3.05) is 44.4 Å². The Morgan fingerprint density at radius 3 is 2.50 bits per heavy atom. The van der Waals surface area contributed by atoms with Crippen LogP contribution in [0.4, 0.5) is 13.9 Å². The average molecular weight is 867 g/mol. The predicted octanol–water partition coefficient (Wildman–Crippen LogP) is 7.43. The van der Waals surface area contributed by atoms with Gasteiger partial charge in [-0.3, -0.25) is 14.4 Å². The number of hydrogen-bond donors (Lipinski definition) is 3. The van der Waals surface area contributed by atoms with Crippen LogP contribution in [0.2, 0.25) is 0 Å². The number of aliphatic hydroxyl groups is 1. The summed E-state index contributed by atoms with van der Waals surface area (Å²) in [6.07, 6.45) is 3.08. The van der Waals surface area contributed by atoms with Gasteiger partial charge >= 0.3 is 0 Å². The van der Waals surface area contributed by atoms with Crippen molar-refractivity contribution in [3.8, 4) is 27.4 Å². The quantitative estimate of drug-likeness (QED) is 0.0815. The van der Waals surface area contributed by atoms with Crippen LogP contribution in [0.5, 0.6) is 5.75 Å². The highest BCUT2D eigenvalue weighted by molar-refractivity contribution is 7.14. The Morgan fingerprint density at radius 2 is 1.80 bits per heavy atom. The predicted molar refractivity (Wildman–Crippen MR) is 230 cm³/mol. The summed E-state index contributed by atoms with van der Waals surface area (Å²) < 4.78 is 40.5. The minimum Gasteiger partial charge on any atom is -0.490 e. The van der Waals surface area contributed by atoms with E-state index in [-0.39, 0.29) is 49.6 Å². The number of primary amides is 1. The minimum absolute atomic E-state index is 0.0567. The van der Waals surface area contributed by atoms with Gasteiger partial charge in [0.05, 0.1) is 53.7 Å². The lowest BCUT2D eigenvalue weighted by Crippen LogP contribution is -2.47. The van der Waals surface area contributed by atoms with Gasteiger partial charge < -0.3 is 35.4 Å². The molecule has 2 aromatic carbocycles. The molecule has 3 amide bonds. The van der Waals surface area contributed by atoms with Crippen LogP contribution < -0.4 is 20.7 Å². The molecule has 0 saturated carbocycles. The third kappa shape index (κ3) is 11.4. The van der Waals surface area contributed by atoms with E-state index in [1.807, 2.05) is 62.9 Å². The lowest BCUT2D eigenvalue weighted by Gasteiger charge is -2.32. The summed E-state index contributed by atoms with van der Waals surface area (Å²) in [5.41, 5.74) is 10.9. The van der Waals surface area contributed by atoms with Crippen LogP contribution in [0.15, 0.2) is 47.3 Å². The number of β-amino-alcohol motifs (C(OH)–C–C–N with tert-alkyl or cyclic N) is 1. The third-order valence-corrected chi connectivity index (χ3v) is 13.2. The number of aliphatic hydroxyl groups excluding tert-OH is 1. The molecular formula is C44H56F2N6O6S2. The molecule has 2 aromatic heterocycles. The second-order valence-electron chi connectivity index (χ2n) is 16.6. The van der Waals surface area contributed by atoms with Gasteiger partial charge in [-0.2, -0.15) is 4.39 Å². The Labute approximate surface area is 358 Å². The van der Waals surface area contributed by atoms with Crippen LogP contribution in [0, 0.1) is 29.9 Å². The summed E-state index contributed by atoms with van der Waals surface area (Å²) in [6, 6.07) is 9.38. The highest BCUT2D eigenvalue weighted by Gasteiger charge is 2.41. The van der Waals surface area contributed by atoms with E-state index in [0.717, 1.165) is 45.7 Å². The molecule has 2 aliphatic heterocycles. The molecule has 0 spiro atoms. The standard InChI is InChI=1S/C44H56F2N6O6S2/c1-27(29-10-12-30(13-11-29)40-28(2)48-26-60-40)49-42(56)36-21-32(53)24-52(36)37(54)23-44(3,4)22-31(41(47)55)9-7-5-6-8-18-58-39-33(14-15-34(45)38(39)46)35-25-59-43(50-35)51-16-19-57-20-17-51/h10-15,25-27,31-32,36,53H,5-9,16-24H2,1-4H3,(H2,47,55)(H,49,56)/t27-,31?,32+,36?/m0/s1. The topological polar surface area (TPSA) is 160 Å². The van der Waals surface area contributed by atoms with Crippen molar-refractivity contribution in [3.05, 3.63) is 70.2 Å². The van der Waals surface area contributed by atoms with Crippen LogP contribution in [0.1, 0.15) is 89.4 Å². The number of rotatable bonds is 19. The first-order valence-electron chi connectivity index (χ1n) is 20.7. The molecule has 2 fully saturated rings. The van der Waals surface area contributed by atoms with Gasteiger partial charge in [-0.1, -0.05) is 57.4 Å². The number of carbonyl (C=O) groups excluding carboxylic acids is 3. The van der Waals surface area contributed by atoms with E-state index < -0.39 is 41.0 Å². The molecule has 12 nitrogen and oxygen atoms in total. The fraction of sp³-hybridized carbons (Fsp3) is 0.523. The number of amides is 3. The molecule has 0 radical (unpaired) electrons. The number of halogens is 2. The van der Waals surface area contributed by atoms with Crippen LogP contribution in [-0.4, -0.2) is 89.3 Å². The van der Waals surface area contributed by atoms with E-state index in [0.29, 0.717) is 63.2 Å². The fourth-order valence-electron chi connectivity index (χ4n) is 8.01. The van der Waals surface area contributed by atoms with Gasteiger partial charge in [-0.15, -0.1) is 22.7 Å². The summed E-state index contributed by atoms with van der Waals surface area (Å²) >= 11 is 3.01. The molecule has 2 saturated heterocycles. The van der Waals surface area contributed by atoms with E-state index in [2.05, 4.69) is 20.2 Å². The minimum atomic E-state index is -1.05. The van der Waals surface area contributed by atoms with Gasteiger partial charge in [0.15, 0.2) is 16.7 Å². The SMILES string of the molecule is Cc1ncsc1-c1ccc([C@H](C)NC(=O)C2C[C@@H](O)CN2C(=O)CC(C)(C)CC(CCCCCCOc2c(-c3csc(N4CCOCC4)n3)ccc(F)c2F)C(N)=O)cc1. The molecule has 4 atom stereocenters. The largest absolute Gasteiger partial charge is 0.490 e. The molecule has 324 valence electrons. The maximum absolute atomic E-state index is 15.0. The summed E-state index contributed by atoms with van der Waals surface area (Å²) in [5.74, 6) is -3.70. The lowest BCUT2D eigenvalue weighted by atomic mass is 9.77. The van der Waals surface area contributed by atoms with Crippen molar-refractivity contribution < 1.29 is 37.7 Å². The van der Waals surface area contributed by atoms with E-state index in [1.165, 1.54) is 22.3 Å². The van der Waals surface area contributed by atoms with E-state index in [9.17, 15) is 28.3 Å². The van der Waals surface area contributed by atoms with Crippen molar-refractivity contribution in [1.82, 2.24) is 20.2 Å². The zero-order valence-electron chi connectivity index (χ0n) is 34.8. The molecule has 6 rings (SSSR count). The summed E-state index contributed by atoms with van der Waals surface area (Å²) in [5, 5.41) is 16.2. The second-order valence-corrected chi connectivity index (χ2v) is 18.3. The zero-order valence-corrected chi connectivity index (χ0v) is 36.4. The highest BCUT2D eigenvalue weighted by Crippen LogP contribution is 2.38. The van der Waals surface area contributed by atoms with Crippen molar-refractivity contribution >= 4 is 45.5 Å². The van der Waals surface area contributed by atoms with E-state index in [4.69, 9.17) is 15.2 Å². The molecule has 4 heterocycles. The molecule has 4 aromatic rings. The van der Waals surface area contributed by atoms with Crippen LogP contribution in [0.3, 0.4) is 0 Å². The van der Waals surface area contributed by atoms with Gasteiger partial charge in [-0.25, -0.2) is 14.4 Å². The fourth-order valence-corrected chi connectivity index (χ4v) is 9.70.